The molecule has 2 heterocycles. The number of nitrogens with one attached hydrogen (secondary N) is 1. The first-order chi connectivity index (χ1) is 14.2. The quantitative estimate of drug-likeness (QED) is 0.397. The monoisotopic (exact) mass is 414 g/mol. The number of rotatable bonds is 10. The molecule has 0 fully saturated rings. The van der Waals surface area contributed by atoms with E-state index in [1.807, 2.05) is 17.5 Å². The molecule has 0 bridgehead atoms. The lowest BCUT2D eigenvalue weighted by Crippen LogP contribution is -2.30. The third kappa shape index (κ3) is 6.18. The number of carbonyl (C=O) groups is 2. The molecule has 0 spiro atoms. The average Bonchev–Trinajstić information content (AvgIpc) is 3.43. The van der Waals surface area contributed by atoms with E-state index in [-0.39, 0.29) is 19.1 Å². The second-order valence-corrected chi connectivity index (χ2v) is 7.14. The number of oxazole rings is 1. The minimum absolute atomic E-state index is 0.0205. The maximum atomic E-state index is 12.1. The molecule has 152 valence electrons. The van der Waals surface area contributed by atoms with Gasteiger partial charge in [0.15, 0.2) is 0 Å². The zero-order chi connectivity index (χ0) is 20.5. The fourth-order valence-electron chi connectivity index (χ4n) is 2.38. The second-order valence-electron chi connectivity index (χ2n) is 6.19. The van der Waals surface area contributed by atoms with Crippen LogP contribution in [0.5, 0.6) is 5.75 Å². The molecule has 7 nitrogen and oxygen atoms in total. The van der Waals surface area contributed by atoms with E-state index in [1.54, 1.807) is 24.3 Å². The topological polar surface area (TPSA) is 90.7 Å². The predicted molar refractivity (Wildman–Crippen MR) is 109 cm³/mol. The number of amides is 1. The van der Waals surface area contributed by atoms with Crippen LogP contribution in [0.25, 0.3) is 10.8 Å². The highest BCUT2D eigenvalue weighted by atomic mass is 32.1. The highest BCUT2D eigenvalue weighted by molar-refractivity contribution is 7.13. The molecule has 8 heteroatoms. The van der Waals surface area contributed by atoms with Gasteiger partial charge in [-0.15, -0.1) is 11.3 Å². The van der Waals surface area contributed by atoms with Crippen LogP contribution in [0, 0.1) is 0 Å². The first-order valence-corrected chi connectivity index (χ1v) is 10.2. The number of hydrogen-bond donors (Lipinski definition) is 1. The van der Waals surface area contributed by atoms with Crippen LogP contribution in [0.2, 0.25) is 0 Å². The Kier molecular flexibility index (Phi) is 7.40. The van der Waals surface area contributed by atoms with Crippen LogP contribution in [0.1, 0.15) is 35.8 Å². The summed E-state index contributed by atoms with van der Waals surface area (Å²) >= 11 is 1.51. The van der Waals surface area contributed by atoms with Crippen LogP contribution in [0.4, 0.5) is 0 Å². The lowest BCUT2D eigenvalue weighted by molar-refractivity contribution is -0.143. The molecular weight excluding hydrogens is 392 g/mol. The van der Waals surface area contributed by atoms with Crippen molar-refractivity contribution in [2.24, 2.45) is 0 Å². The first kappa shape index (κ1) is 20.6. The summed E-state index contributed by atoms with van der Waals surface area (Å²) < 4.78 is 16.1. The molecule has 3 rings (SSSR count). The summed E-state index contributed by atoms with van der Waals surface area (Å²) in [4.78, 5) is 29.2. The minimum Gasteiger partial charge on any atom is -0.494 e. The summed E-state index contributed by atoms with van der Waals surface area (Å²) in [5.41, 5.74) is 0.949. The fourth-order valence-corrected chi connectivity index (χ4v) is 3.04. The number of unbranched alkanes of at least 4 members (excludes halogenated alkanes) is 1. The van der Waals surface area contributed by atoms with Gasteiger partial charge in [-0.1, -0.05) is 19.4 Å². The van der Waals surface area contributed by atoms with Crippen LogP contribution >= 0.6 is 11.3 Å². The van der Waals surface area contributed by atoms with E-state index in [4.69, 9.17) is 13.9 Å². The third-order valence-corrected chi connectivity index (χ3v) is 4.80. The van der Waals surface area contributed by atoms with Gasteiger partial charge in [0.1, 0.15) is 30.9 Å². The van der Waals surface area contributed by atoms with Crippen molar-refractivity contribution in [2.45, 2.75) is 26.4 Å². The number of nitrogens with zero attached hydrogens (tertiary/aromatic N) is 1. The Morgan fingerprint density at radius 1 is 1.21 bits per heavy atom. The molecule has 1 aromatic carbocycles. The molecule has 3 aromatic rings. The molecule has 0 aliphatic carbocycles. The Morgan fingerprint density at radius 2 is 2.03 bits per heavy atom. The molecule has 0 aliphatic rings. The van der Waals surface area contributed by atoms with E-state index in [9.17, 15) is 9.59 Å². The van der Waals surface area contributed by atoms with Crippen molar-refractivity contribution in [3.8, 4) is 16.5 Å². The zero-order valence-corrected chi connectivity index (χ0v) is 16.9. The van der Waals surface area contributed by atoms with Crippen molar-refractivity contribution in [3.05, 3.63) is 59.3 Å². The number of carbonyl (C=O) groups excluding carboxylic acids is 2. The maximum absolute atomic E-state index is 12.1. The molecule has 1 N–H and O–H groups in total. The Balaban J connectivity index is 1.40. The van der Waals surface area contributed by atoms with E-state index in [1.165, 1.54) is 17.6 Å². The van der Waals surface area contributed by atoms with Gasteiger partial charge in [0, 0.05) is 5.56 Å². The van der Waals surface area contributed by atoms with E-state index in [2.05, 4.69) is 17.2 Å². The van der Waals surface area contributed by atoms with Gasteiger partial charge in [-0.3, -0.25) is 9.59 Å². The normalized spacial score (nSPS) is 10.5. The van der Waals surface area contributed by atoms with Gasteiger partial charge in [0.25, 0.3) is 5.91 Å². The van der Waals surface area contributed by atoms with Crippen LogP contribution in [0.3, 0.4) is 0 Å². The summed E-state index contributed by atoms with van der Waals surface area (Å²) in [7, 11) is 0. The molecule has 0 saturated carbocycles. The van der Waals surface area contributed by atoms with E-state index < -0.39 is 5.97 Å². The lowest BCUT2D eigenvalue weighted by Gasteiger charge is -2.07. The summed E-state index contributed by atoms with van der Waals surface area (Å²) in [5.74, 6) is 0.285. The third-order valence-electron chi connectivity index (χ3n) is 3.94. The SMILES string of the molecule is CCCCOc1ccc(C(=O)NCC(=O)OCc2coc(-c3cccs3)n2)cc1. The van der Waals surface area contributed by atoms with Crippen molar-refractivity contribution in [1.29, 1.82) is 0 Å². The summed E-state index contributed by atoms with van der Waals surface area (Å²) in [6.07, 6.45) is 3.49. The Hall–Kier alpha value is -3.13. The molecule has 0 saturated heterocycles. The van der Waals surface area contributed by atoms with E-state index in [0.717, 1.165) is 17.7 Å². The van der Waals surface area contributed by atoms with Crippen molar-refractivity contribution < 1.29 is 23.5 Å². The van der Waals surface area contributed by atoms with Gasteiger partial charge in [-0.05, 0) is 42.1 Å². The standard InChI is InChI=1S/C21H22N2O5S/c1-2-3-10-26-17-8-6-15(7-9-17)20(25)22-12-19(24)27-13-16-14-28-21(23-16)18-5-4-11-29-18/h4-9,11,14H,2-3,10,12-13H2,1H3,(H,22,25). The Morgan fingerprint density at radius 3 is 2.76 bits per heavy atom. The summed E-state index contributed by atoms with van der Waals surface area (Å²) in [5, 5.41) is 4.46. The Labute approximate surface area is 172 Å². The number of thiophene rings is 1. The molecule has 0 unspecified atom stereocenters. The van der Waals surface area contributed by atoms with Gasteiger partial charge >= 0.3 is 5.97 Å². The number of hydrogen-bond acceptors (Lipinski definition) is 7. The van der Waals surface area contributed by atoms with Crippen molar-refractivity contribution in [1.82, 2.24) is 10.3 Å². The highest BCUT2D eigenvalue weighted by Gasteiger charge is 2.12. The lowest BCUT2D eigenvalue weighted by atomic mass is 10.2. The van der Waals surface area contributed by atoms with Gasteiger partial charge in [0.05, 0.1) is 11.5 Å². The molecule has 29 heavy (non-hydrogen) atoms. The fraction of sp³-hybridized carbons (Fsp3) is 0.286. The van der Waals surface area contributed by atoms with Gasteiger partial charge in [-0.25, -0.2) is 4.98 Å². The highest BCUT2D eigenvalue weighted by Crippen LogP contribution is 2.23. The maximum Gasteiger partial charge on any atom is 0.325 e. The smallest absolute Gasteiger partial charge is 0.325 e. The van der Waals surface area contributed by atoms with Gasteiger partial charge in [0.2, 0.25) is 5.89 Å². The number of benzene rings is 1. The molecule has 0 radical (unpaired) electrons. The summed E-state index contributed by atoms with van der Waals surface area (Å²) in [6.45, 7) is 2.49. The number of aromatic nitrogens is 1. The van der Waals surface area contributed by atoms with E-state index in [0.29, 0.717) is 29.5 Å². The predicted octanol–water partition coefficient (Wildman–Crippen LogP) is 4.06. The van der Waals surface area contributed by atoms with Crippen molar-refractivity contribution in [2.75, 3.05) is 13.2 Å². The number of esters is 1. The molecule has 0 aliphatic heterocycles. The van der Waals surface area contributed by atoms with Gasteiger partial charge < -0.3 is 19.2 Å². The van der Waals surface area contributed by atoms with Crippen LogP contribution in [0.15, 0.2) is 52.5 Å². The minimum atomic E-state index is -0.557. The number of ether oxygens (including phenoxy) is 2. The average molecular weight is 414 g/mol. The van der Waals surface area contributed by atoms with Crippen LogP contribution < -0.4 is 10.1 Å². The van der Waals surface area contributed by atoms with E-state index >= 15 is 0 Å². The molecular formula is C21H22N2O5S. The Bertz CT molecular complexity index is 919. The molecule has 2 aromatic heterocycles. The van der Waals surface area contributed by atoms with Crippen LogP contribution in [-0.2, 0) is 16.1 Å². The second kappa shape index (κ2) is 10.4. The van der Waals surface area contributed by atoms with Crippen LogP contribution in [-0.4, -0.2) is 30.0 Å². The first-order valence-electron chi connectivity index (χ1n) is 9.30. The van der Waals surface area contributed by atoms with Crippen molar-refractivity contribution in [3.63, 3.8) is 0 Å². The largest absolute Gasteiger partial charge is 0.494 e. The van der Waals surface area contributed by atoms with Crippen molar-refractivity contribution >= 4 is 23.2 Å². The zero-order valence-electron chi connectivity index (χ0n) is 16.1. The molecule has 1 amide bonds. The molecule has 0 atom stereocenters. The van der Waals surface area contributed by atoms with Gasteiger partial charge in [-0.2, -0.15) is 0 Å². The summed E-state index contributed by atoms with van der Waals surface area (Å²) in [6, 6.07) is 10.6.